The summed E-state index contributed by atoms with van der Waals surface area (Å²) in [5, 5.41) is 11.2. The Morgan fingerprint density at radius 2 is 2.10 bits per heavy atom. The summed E-state index contributed by atoms with van der Waals surface area (Å²) in [4.78, 5) is 21.3. The number of carbonyl (C=O) groups is 1. The number of pyridine rings is 1. The SMILES string of the molecule is CN(C(=O)OC(C)(C)C)c1cc(F)cc2c1[nH]c1ncc(Cl)c(C3(C#N)CC3)c12. The van der Waals surface area contributed by atoms with Crippen molar-refractivity contribution in [1.29, 1.82) is 5.26 Å². The van der Waals surface area contributed by atoms with Crippen LogP contribution in [0.1, 0.15) is 39.2 Å². The highest BCUT2D eigenvalue weighted by molar-refractivity contribution is 6.33. The summed E-state index contributed by atoms with van der Waals surface area (Å²) in [6, 6.07) is 4.98. The van der Waals surface area contributed by atoms with E-state index in [1.54, 1.807) is 20.8 Å². The van der Waals surface area contributed by atoms with Crippen LogP contribution in [0.15, 0.2) is 18.3 Å². The Balaban J connectivity index is 1.97. The van der Waals surface area contributed by atoms with Gasteiger partial charge in [-0.2, -0.15) is 5.26 Å². The van der Waals surface area contributed by atoms with Crippen LogP contribution in [0.4, 0.5) is 14.9 Å². The molecule has 4 rings (SSSR count). The number of nitriles is 1. The Morgan fingerprint density at radius 1 is 1.41 bits per heavy atom. The summed E-state index contributed by atoms with van der Waals surface area (Å²) >= 11 is 6.42. The van der Waals surface area contributed by atoms with Crippen molar-refractivity contribution in [3.05, 3.63) is 34.7 Å². The van der Waals surface area contributed by atoms with Crippen molar-refractivity contribution in [2.24, 2.45) is 0 Å². The fourth-order valence-corrected chi connectivity index (χ4v) is 3.91. The second-order valence-electron chi connectivity index (χ2n) is 8.41. The number of anilines is 1. The maximum absolute atomic E-state index is 14.6. The van der Waals surface area contributed by atoms with Crippen LogP contribution in [-0.4, -0.2) is 28.7 Å². The Bertz CT molecular complexity index is 1200. The van der Waals surface area contributed by atoms with Gasteiger partial charge in [0.2, 0.25) is 0 Å². The first-order chi connectivity index (χ1) is 13.6. The Hall–Kier alpha value is -2.85. The van der Waals surface area contributed by atoms with Crippen molar-refractivity contribution in [2.75, 3.05) is 11.9 Å². The van der Waals surface area contributed by atoms with Crippen LogP contribution in [-0.2, 0) is 10.2 Å². The molecule has 8 heteroatoms. The fraction of sp³-hybridized carbons (Fsp3) is 0.381. The summed E-state index contributed by atoms with van der Waals surface area (Å²) < 4.78 is 20.0. The fourth-order valence-electron chi connectivity index (χ4n) is 3.59. The molecule has 1 N–H and O–H groups in total. The van der Waals surface area contributed by atoms with Gasteiger partial charge in [0.05, 0.1) is 27.7 Å². The van der Waals surface area contributed by atoms with Gasteiger partial charge >= 0.3 is 6.09 Å². The zero-order chi connectivity index (χ0) is 21.1. The lowest BCUT2D eigenvalue weighted by Gasteiger charge is -2.25. The first-order valence-electron chi connectivity index (χ1n) is 9.24. The molecule has 150 valence electrons. The van der Waals surface area contributed by atoms with E-state index in [2.05, 4.69) is 16.0 Å². The highest BCUT2D eigenvalue weighted by atomic mass is 35.5. The van der Waals surface area contributed by atoms with E-state index in [-0.39, 0.29) is 0 Å². The number of hydrogen-bond acceptors (Lipinski definition) is 4. The number of nitrogens with one attached hydrogen (secondary N) is 1. The second kappa shape index (κ2) is 6.33. The van der Waals surface area contributed by atoms with Crippen molar-refractivity contribution >= 4 is 45.3 Å². The number of carbonyl (C=O) groups excluding carboxylic acids is 1. The van der Waals surface area contributed by atoms with Gasteiger partial charge in [-0.1, -0.05) is 11.6 Å². The number of benzene rings is 1. The number of halogens is 2. The lowest BCUT2D eigenvalue weighted by molar-refractivity contribution is 0.0589. The molecule has 0 atom stereocenters. The van der Waals surface area contributed by atoms with Crippen molar-refractivity contribution in [1.82, 2.24) is 9.97 Å². The molecule has 3 aromatic rings. The number of hydrogen-bond donors (Lipinski definition) is 1. The quantitative estimate of drug-likeness (QED) is 0.605. The highest BCUT2D eigenvalue weighted by Crippen LogP contribution is 2.53. The molecule has 1 aliphatic rings. The van der Waals surface area contributed by atoms with Gasteiger partial charge in [0.25, 0.3) is 0 Å². The van der Waals surface area contributed by atoms with Crippen LogP contribution < -0.4 is 4.90 Å². The third-order valence-electron chi connectivity index (χ3n) is 5.10. The van der Waals surface area contributed by atoms with Crippen molar-refractivity contribution in [3.8, 4) is 6.07 Å². The normalized spacial score (nSPS) is 15.3. The first kappa shape index (κ1) is 19.5. The molecule has 1 aliphatic carbocycles. The average Bonchev–Trinajstić information content (AvgIpc) is 3.34. The average molecular weight is 415 g/mol. The van der Waals surface area contributed by atoms with Gasteiger partial charge in [-0.3, -0.25) is 4.90 Å². The second-order valence-corrected chi connectivity index (χ2v) is 8.82. The van der Waals surface area contributed by atoms with E-state index in [9.17, 15) is 14.4 Å². The molecule has 1 fully saturated rings. The van der Waals surface area contributed by atoms with Gasteiger partial charge in [0.15, 0.2) is 0 Å². The molecule has 0 unspecified atom stereocenters. The van der Waals surface area contributed by atoms with Crippen LogP contribution in [0.2, 0.25) is 5.02 Å². The predicted molar refractivity (Wildman–Crippen MR) is 110 cm³/mol. The summed E-state index contributed by atoms with van der Waals surface area (Å²) in [6.07, 6.45) is 2.27. The summed E-state index contributed by atoms with van der Waals surface area (Å²) in [6.45, 7) is 5.29. The predicted octanol–water partition coefficient (Wildman–Crippen LogP) is 5.44. The molecule has 0 aliphatic heterocycles. The van der Waals surface area contributed by atoms with E-state index in [0.29, 0.717) is 51.1 Å². The first-order valence-corrected chi connectivity index (χ1v) is 9.62. The zero-order valence-corrected chi connectivity index (χ0v) is 17.3. The van der Waals surface area contributed by atoms with E-state index in [1.165, 1.54) is 30.3 Å². The minimum Gasteiger partial charge on any atom is -0.443 e. The molecule has 29 heavy (non-hydrogen) atoms. The van der Waals surface area contributed by atoms with Gasteiger partial charge in [-0.25, -0.2) is 14.2 Å². The van der Waals surface area contributed by atoms with E-state index in [1.807, 2.05) is 0 Å². The number of nitrogens with zero attached hydrogens (tertiary/aromatic N) is 3. The number of ether oxygens (including phenoxy) is 1. The number of H-pyrrole nitrogens is 1. The third kappa shape index (κ3) is 3.18. The number of aromatic nitrogens is 2. The lowest BCUT2D eigenvalue weighted by atomic mass is 9.94. The van der Waals surface area contributed by atoms with Gasteiger partial charge in [-0.15, -0.1) is 0 Å². The maximum atomic E-state index is 14.6. The number of rotatable bonds is 2. The van der Waals surface area contributed by atoms with Gasteiger partial charge < -0.3 is 9.72 Å². The standard InChI is InChI=1S/C21H20ClFN4O2/c1-20(2,3)29-19(28)27(4)14-8-11(23)7-12-15-16(21(10-24)5-6-21)13(22)9-25-18(15)26-17(12)14/h7-9H,5-6H2,1-4H3,(H,25,26). The number of fused-ring (bicyclic) bond motifs is 3. The van der Waals surface area contributed by atoms with Crippen molar-refractivity contribution in [3.63, 3.8) is 0 Å². The van der Waals surface area contributed by atoms with E-state index < -0.39 is 22.9 Å². The monoisotopic (exact) mass is 414 g/mol. The maximum Gasteiger partial charge on any atom is 0.414 e. The largest absolute Gasteiger partial charge is 0.443 e. The number of amides is 1. The molecule has 2 heterocycles. The molecule has 0 radical (unpaired) electrons. The Labute approximate surface area is 172 Å². The van der Waals surface area contributed by atoms with Crippen molar-refractivity contribution < 1.29 is 13.9 Å². The molecular weight excluding hydrogens is 395 g/mol. The number of aromatic amines is 1. The molecular formula is C21H20ClFN4O2. The molecule has 0 spiro atoms. The zero-order valence-electron chi connectivity index (χ0n) is 16.6. The molecule has 1 aromatic carbocycles. The summed E-state index contributed by atoms with van der Waals surface area (Å²) in [5.41, 5.74) is 0.623. The van der Waals surface area contributed by atoms with Crippen molar-refractivity contribution in [2.45, 2.75) is 44.6 Å². The Kier molecular flexibility index (Phi) is 4.25. The van der Waals surface area contributed by atoms with Gasteiger partial charge in [0, 0.05) is 29.6 Å². The minimum absolute atomic E-state index is 0.316. The van der Waals surface area contributed by atoms with Crippen LogP contribution >= 0.6 is 11.6 Å². The van der Waals surface area contributed by atoms with Gasteiger partial charge in [-0.05, 0) is 45.7 Å². The highest BCUT2D eigenvalue weighted by Gasteiger charge is 2.48. The molecule has 0 saturated heterocycles. The van der Waals surface area contributed by atoms with E-state index in [4.69, 9.17) is 16.3 Å². The molecule has 2 aromatic heterocycles. The Morgan fingerprint density at radius 3 is 2.69 bits per heavy atom. The smallest absolute Gasteiger partial charge is 0.414 e. The molecule has 1 amide bonds. The minimum atomic E-state index is -0.689. The van der Waals surface area contributed by atoms with Crippen LogP contribution in [0.25, 0.3) is 21.9 Å². The molecule has 6 nitrogen and oxygen atoms in total. The molecule has 1 saturated carbocycles. The third-order valence-corrected chi connectivity index (χ3v) is 5.39. The van der Waals surface area contributed by atoms with Crippen LogP contribution in [0.3, 0.4) is 0 Å². The van der Waals surface area contributed by atoms with Crippen LogP contribution in [0, 0.1) is 17.1 Å². The van der Waals surface area contributed by atoms with E-state index >= 15 is 0 Å². The summed E-state index contributed by atoms with van der Waals surface area (Å²) in [5.74, 6) is -0.517. The topological polar surface area (TPSA) is 82.0 Å². The van der Waals surface area contributed by atoms with Gasteiger partial charge in [0.1, 0.15) is 17.1 Å². The van der Waals surface area contributed by atoms with Crippen LogP contribution in [0.5, 0.6) is 0 Å². The lowest BCUT2D eigenvalue weighted by Crippen LogP contribution is -2.34. The molecule has 0 bridgehead atoms. The summed E-state index contributed by atoms with van der Waals surface area (Å²) in [7, 11) is 1.52. The van der Waals surface area contributed by atoms with E-state index in [0.717, 1.165) is 0 Å².